The van der Waals surface area contributed by atoms with Gasteiger partial charge in [0.2, 0.25) is 0 Å². The number of ether oxygens (including phenoxy) is 3. The second kappa shape index (κ2) is 8.06. The molecule has 0 saturated carbocycles. The maximum absolute atomic E-state index is 11.4. The highest BCUT2D eigenvalue weighted by molar-refractivity contribution is 6.15. The number of carboxylic acid groups (broad SMARTS) is 1. The Hall–Kier alpha value is -2.95. The van der Waals surface area contributed by atoms with E-state index in [4.69, 9.17) is 14.2 Å². The van der Waals surface area contributed by atoms with Crippen molar-refractivity contribution in [1.82, 2.24) is 0 Å². The smallest absolute Gasteiger partial charge is 0.339 e. The summed E-state index contributed by atoms with van der Waals surface area (Å²) in [5.74, 6) is 0.573. The highest BCUT2D eigenvalue weighted by atomic mass is 16.5. The van der Waals surface area contributed by atoms with Crippen LogP contribution >= 0.6 is 0 Å². The lowest BCUT2D eigenvalue weighted by molar-refractivity contribution is -0.130. The molecular weight excluding hydrogens is 308 g/mol. The SMILES string of the molecule is CO/C=C(\C(=O)O)c1ccccc1Oc1cccc(OC(C)C)c1. The molecule has 0 amide bonds. The Labute approximate surface area is 141 Å². The van der Waals surface area contributed by atoms with Crippen molar-refractivity contribution in [2.45, 2.75) is 20.0 Å². The van der Waals surface area contributed by atoms with Crippen LogP contribution < -0.4 is 9.47 Å². The Morgan fingerprint density at radius 3 is 2.46 bits per heavy atom. The number of rotatable bonds is 7. The summed E-state index contributed by atoms with van der Waals surface area (Å²) in [5.41, 5.74) is 0.449. The molecular formula is C19H20O5. The zero-order chi connectivity index (χ0) is 17.5. The molecule has 0 heterocycles. The molecule has 2 aromatic rings. The second-order valence-electron chi connectivity index (χ2n) is 5.31. The van der Waals surface area contributed by atoms with E-state index in [9.17, 15) is 9.90 Å². The van der Waals surface area contributed by atoms with Gasteiger partial charge >= 0.3 is 5.97 Å². The van der Waals surface area contributed by atoms with Gasteiger partial charge in [-0.3, -0.25) is 0 Å². The fraction of sp³-hybridized carbons (Fsp3) is 0.211. The van der Waals surface area contributed by atoms with Crippen LogP contribution in [-0.4, -0.2) is 24.3 Å². The number of hydrogen-bond donors (Lipinski definition) is 1. The zero-order valence-electron chi connectivity index (χ0n) is 13.9. The van der Waals surface area contributed by atoms with Crippen molar-refractivity contribution in [2.24, 2.45) is 0 Å². The predicted octanol–water partition coefficient (Wildman–Crippen LogP) is 4.34. The van der Waals surface area contributed by atoms with Crippen molar-refractivity contribution in [3.8, 4) is 17.2 Å². The number of aliphatic carboxylic acids is 1. The maximum Gasteiger partial charge on any atom is 0.339 e. The highest BCUT2D eigenvalue weighted by Crippen LogP contribution is 2.32. The van der Waals surface area contributed by atoms with Gasteiger partial charge in [0.05, 0.1) is 19.5 Å². The number of methoxy groups -OCH3 is 1. The number of hydrogen-bond acceptors (Lipinski definition) is 4. The summed E-state index contributed by atoms with van der Waals surface area (Å²) in [6.07, 6.45) is 1.24. The molecule has 126 valence electrons. The molecule has 0 aliphatic carbocycles. The third-order valence-electron chi connectivity index (χ3n) is 3.05. The average Bonchev–Trinajstić information content (AvgIpc) is 2.53. The van der Waals surface area contributed by atoms with Crippen molar-refractivity contribution in [2.75, 3.05) is 7.11 Å². The number of para-hydroxylation sites is 1. The van der Waals surface area contributed by atoms with E-state index < -0.39 is 5.97 Å². The first-order valence-electron chi connectivity index (χ1n) is 7.51. The van der Waals surface area contributed by atoms with Crippen molar-refractivity contribution in [1.29, 1.82) is 0 Å². The molecule has 1 N–H and O–H groups in total. The topological polar surface area (TPSA) is 65.0 Å². The van der Waals surface area contributed by atoms with Gasteiger partial charge in [-0.15, -0.1) is 0 Å². The molecule has 0 fully saturated rings. The van der Waals surface area contributed by atoms with Gasteiger partial charge in [0, 0.05) is 11.6 Å². The van der Waals surface area contributed by atoms with Gasteiger partial charge in [0.25, 0.3) is 0 Å². The number of carboxylic acids is 1. The minimum Gasteiger partial charge on any atom is -0.503 e. The van der Waals surface area contributed by atoms with E-state index in [1.54, 1.807) is 36.4 Å². The fourth-order valence-corrected chi connectivity index (χ4v) is 2.14. The first-order chi connectivity index (χ1) is 11.5. The Bertz CT molecular complexity index is 734. The van der Waals surface area contributed by atoms with Gasteiger partial charge in [-0.2, -0.15) is 0 Å². The fourth-order valence-electron chi connectivity index (χ4n) is 2.14. The summed E-state index contributed by atoms with van der Waals surface area (Å²) >= 11 is 0. The normalized spacial score (nSPS) is 11.2. The molecule has 0 atom stereocenters. The van der Waals surface area contributed by atoms with Crippen LogP contribution in [0.5, 0.6) is 17.2 Å². The third kappa shape index (κ3) is 4.52. The summed E-state index contributed by atoms with van der Waals surface area (Å²) in [4.78, 5) is 11.4. The molecule has 0 aromatic heterocycles. The van der Waals surface area contributed by atoms with Crippen molar-refractivity contribution >= 4 is 11.5 Å². The van der Waals surface area contributed by atoms with Crippen LogP contribution in [0.25, 0.3) is 5.57 Å². The third-order valence-corrected chi connectivity index (χ3v) is 3.05. The summed E-state index contributed by atoms with van der Waals surface area (Å²) in [6.45, 7) is 3.88. The lowest BCUT2D eigenvalue weighted by Gasteiger charge is -2.14. The minimum atomic E-state index is -1.09. The minimum absolute atomic E-state index is 0.0164. The van der Waals surface area contributed by atoms with E-state index in [0.29, 0.717) is 22.8 Å². The number of carbonyl (C=O) groups is 1. The Morgan fingerprint density at radius 2 is 1.79 bits per heavy atom. The molecule has 2 rings (SSSR count). The largest absolute Gasteiger partial charge is 0.503 e. The molecule has 0 spiro atoms. The molecule has 5 heteroatoms. The molecule has 0 aliphatic rings. The van der Waals surface area contributed by atoms with Crippen LogP contribution in [0, 0.1) is 0 Å². The number of benzene rings is 2. The Kier molecular flexibility index (Phi) is 5.84. The summed E-state index contributed by atoms with van der Waals surface area (Å²) in [6, 6.07) is 14.1. The van der Waals surface area contributed by atoms with Crippen LogP contribution in [-0.2, 0) is 9.53 Å². The van der Waals surface area contributed by atoms with Crippen molar-refractivity contribution < 1.29 is 24.1 Å². The van der Waals surface area contributed by atoms with Crippen LogP contribution in [0.15, 0.2) is 54.8 Å². The first-order valence-corrected chi connectivity index (χ1v) is 7.51. The quantitative estimate of drug-likeness (QED) is 0.605. The molecule has 0 aliphatic heterocycles. The van der Waals surface area contributed by atoms with Crippen molar-refractivity contribution in [3.05, 3.63) is 60.4 Å². The van der Waals surface area contributed by atoms with Gasteiger partial charge in [-0.05, 0) is 32.0 Å². The Morgan fingerprint density at radius 1 is 1.08 bits per heavy atom. The van der Waals surface area contributed by atoms with Gasteiger partial charge in [0.15, 0.2) is 0 Å². The predicted molar refractivity (Wildman–Crippen MR) is 91.3 cm³/mol. The highest BCUT2D eigenvalue weighted by Gasteiger charge is 2.16. The lowest BCUT2D eigenvalue weighted by atomic mass is 10.1. The lowest BCUT2D eigenvalue weighted by Crippen LogP contribution is -2.05. The molecule has 0 saturated heterocycles. The molecule has 5 nitrogen and oxygen atoms in total. The second-order valence-corrected chi connectivity index (χ2v) is 5.31. The summed E-state index contributed by atoms with van der Waals surface area (Å²) in [7, 11) is 1.40. The van der Waals surface area contributed by atoms with Crippen LogP contribution in [0.4, 0.5) is 0 Å². The van der Waals surface area contributed by atoms with Gasteiger partial charge < -0.3 is 19.3 Å². The molecule has 2 aromatic carbocycles. The maximum atomic E-state index is 11.4. The monoisotopic (exact) mass is 328 g/mol. The molecule has 0 radical (unpaired) electrons. The Balaban J connectivity index is 2.34. The van der Waals surface area contributed by atoms with E-state index in [1.807, 2.05) is 26.0 Å². The van der Waals surface area contributed by atoms with E-state index in [-0.39, 0.29) is 11.7 Å². The summed E-state index contributed by atoms with van der Waals surface area (Å²) in [5, 5.41) is 9.37. The van der Waals surface area contributed by atoms with Gasteiger partial charge in [0.1, 0.15) is 22.8 Å². The van der Waals surface area contributed by atoms with E-state index in [1.165, 1.54) is 13.4 Å². The van der Waals surface area contributed by atoms with Gasteiger partial charge in [-0.1, -0.05) is 24.3 Å². The van der Waals surface area contributed by atoms with Crippen LogP contribution in [0.1, 0.15) is 19.4 Å². The van der Waals surface area contributed by atoms with E-state index >= 15 is 0 Å². The van der Waals surface area contributed by atoms with Crippen molar-refractivity contribution in [3.63, 3.8) is 0 Å². The summed E-state index contributed by atoms with van der Waals surface area (Å²) < 4.78 is 16.4. The molecule has 0 bridgehead atoms. The molecule has 24 heavy (non-hydrogen) atoms. The van der Waals surface area contributed by atoms with E-state index in [0.717, 1.165) is 0 Å². The van der Waals surface area contributed by atoms with E-state index in [2.05, 4.69) is 0 Å². The van der Waals surface area contributed by atoms with Crippen LogP contribution in [0.2, 0.25) is 0 Å². The standard InChI is InChI=1S/C19H20O5/c1-13(2)23-14-7-6-8-15(11-14)24-18-10-5-4-9-16(18)17(12-22-3)19(20)21/h4-13H,1-3H3,(H,20,21)/b17-12-. The molecule has 0 unspecified atom stereocenters. The zero-order valence-corrected chi connectivity index (χ0v) is 13.9. The average molecular weight is 328 g/mol. The first kappa shape index (κ1) is 17.4. The van der Waals surface area contributed by atoms with Crippen LogP contribution in [0.3, 0.4) is 0 Å². The van der Waals surface area contributed by atoms with Gasteiger partial charge in [-0.25, -0.2) is 4.79 Å².